The zero-order chi connectivity index (χ0) is 19.7. The van der Waals surface area contributed by atoms with E-state index in [4.69, 9.17) is 10.8 Å². The number of rotatable bonds is 4. The molecule has 2 aromatic heterocycles. The molecule has 2 aromatic carbocycles. The summed E-state index contributed by atoms with van der Waals surface area (Å²) in [6.45, 7) is -0.102. The number of nitrogens with zero attached hydrogens (tertiary/aromatic N) is 2. The van der Waals surface area contributed by atoms with Gasteiger partial charge in [-0.15, -0.1) is 0 Å². The number of anilines is 1. The molecule has 2 heterocycles. The van der Waals surface area contributed by atoms with Gasteiger partial charge in [0.15, 0.2) is 5.65 Å². The molecule has 7 nitrogen and oxygen atoms in total. The van der Waals surface area contributed by atoms with E-state index >= 15 is 0 Å². The van der Waals surface area contributed by atoms with Crippen molar-refractivity contribution in [2.24, 2.45) is 0 Å². The molecule has 0 aliphatic rings. The summed E-state index contributed by atoms with van der Waals surface area (Å²) in [5.74, 6) is 0.0825. The Bertz CT molecular complexity index is 1190. The van der Waals surface area contributed by atoms with E-state index in [0.717, 1.165) is 11.1 Å². The molecule has 0 radical (unpaired) electrons. The summed E-state index contributed by atoms with van der Waals surface area (Å²) < 4.78 is 14.4. The maximum Gasteiger partial charge on any atom is 0.404 e. The predicted molar refractivity (Wildman–Crippen MR) is 104 cm³/mol. The maximum absolute atomic E-state index is 14.4. The van der Waals surface area contributed by atoms with Crippen LogP contribution in [-0.2, 0) is 6.54 Å². The Morgan fingerprint density at radius 2 is 2.00 bits per heavy atom. The van der Waals surface area contributed by atoms with Crippen molar-refractivity contribution in [3.05, 3.63) is 66.1 Å². The number of nitrogens with two attached hydrogens (primary N) is 1. The Kier molecular flexibility index (Phi) is 4.36. The number of fused-ring (bicyclic) bond motifs is 1. The third-order valence-corrected chi connectivity index (χ3v) is 4.40. The van der Waals surface area contributed by atoms with Crippen LogP contribution in [0.25, 0.3) is 33.7 Å². The first-order valence-corrected chi connectivity index (χ1v) is 8.48. The number of para-hydroxylation sites is 1. The molecule has 0 atom stereocenters. The number of benzene rings is 2. The van der Waals surface area contributed by atoms with Crippen molar-refractivity contribution in [1.82, 2.24) is 20.3 Å². The number of nitrogens with one attached hydrogen (secondary N) is 2. The molecule has 0 bridgehead atoms. The lowest BCUT2D eigenvalue weighted by Gasteiger charge is -2.07. The van der Waals surface area contributed by atoms with Crippen LogP contribution in [0.2, 0.25) is 0 Å². The standard InChI is InChI=1S/C20H16FN5O2/c21-15-9-11(5-6-12(15)10-24-20(27)28)13-7-8-23-19-17(13)25-18(26-19)14-3-1-2-4-16(14)22/h1-9,24H,10,22H2,(H,27,28)(H,23,25,26). The molecule has 4 aromatic rings. The van der Waals surface area contributed by atoms with E-state index in [0.29, 0.717) is 28.2 Å². The number of hydrogen-bond donors (Lipinski definition) is 4. The SMILES string of the molecule is Nc1ccccc1-c1nc2nccc(-c3ccc(CNC(=O)O)c(F)c3)c2[nH]1. The second kappa shape index (κ2) is 6.99. The number of hydrogen-bond acceptors (Lipinski definition) is 4. The van der Waals surface area contributed by atoms with Gasteiger partial charge in [-0.1, -0.05) is 24.3 Å². The fourth-order valence-electron chi connectivity index (χ4n) is 3.02. The van der Waals surface area contributed by atoms with E-state index in [9.17, 15) is 9.18 Å². The quantitative estimate of drug-likeness (QED) is 0.404. The Balaban J connectivity index is 1.76. The summed E-state index contributed by atoms with van der Waals surface area (Å²) in [4.78, 5) is 22.6. The zero-order valence-corrected chi connectivity index (χ0v) is 14.6. The number of imidazole rings is 1. The third-order valence-electron chi connectivity index (χ3n) is 4.40. The summed E-state index contributed by atoms with van der Waals surface area (Å²) in [5, 5.41) is 10.8. The highest BCUT2D eigenvalue weighted by Crippen LogP contribution is 2.31. The number of aromatic nitrogens is 3. The molecule has 0 unspecified atom stereocenters. The summed E-state index contributed by atoms with van der Waals surface area (Å²) in [6, 6.07) is 13.8. The first-order valence-electron chi connectivity index (χ1n) is 8.48. The number of carboxylic acid groups (broad SMARTS) is 1. The minimum atomic E-state index is -1.20. The van der Waals surface area contributed by atoms with Crippen LogP contribution in [0.5, 0.6) is 0 Å². The molecular formula is C20H16FN5O2. The van der Waals surface area contributed by atoms with Crippen molar-refractivity contribution in [2.45, 2.75) is 6.54 Å². The van der Waals surface area contributed by atoms with Gasteiger partial charge in [-0.3, -0.25) is 0 Å². The number of aromatic amines is 1. The molecule has 0 fully saturated rings. The highest BCUT2D eigenvalue weighted by molar-refractivity contribution is 5.92. The second-order valence-corrected chi connectivity index (χ2v) is 6.19. The van der Waals surface area contributed by atoms with Crippen LogP contribution >= 0.6 is 0 Å². The van der Waals surface area contributed by atoms with Gasteiger partial charge >= 0.3 is 6.09 Å². The van der Waals surface area contributed by atoms with E-state index in [1.54, 1.807) is 30.5 Å². The van der Waals surface area contributed by atoms with Crippen molar-refractivity contribution in [3.8, 4) is 22.5 Å². The highest BCUT2D eigenvalue weighted by atomic mass is 19.1. The van der Waals surface area contributed by atoms with E-state index < -0.39 is 11.9 Å². The lowest BCUT2D eigenvalue weighted by atomic mass is 10.0. The second-order valence-electron chi connectivity index (χ2n) is 6.19. The predicted octanol–water partition coefficient (Wildman–Crippen LogP) is 3.78. The van der Waals surface area contributed by atoms with Crippen LogP contribution in [-0.4, -0.2) is 26.2 Å². The average Bonchev–Trinajstić information content (AvgIpc) is 3.11. The minimum Gasteiger partial charge on any atom is -0.465 e. The van der Waals surface area contributed by atoms with E-state index in [2.05, 4.69) is 20.3 Å². The number of amides is 1. The Labute approximate surface area is 159 Å². The molecule has 28 heavy (non-hydrogen) atoms. The van der Waals surface area contributed by atoms with Crippen molar-refractivity contribution < 1.29 is 14.3 Å². The van der Waals surface area contributed by atoms with Gasteiger partial charge in [0.05, 0.1) is 5.52 Å². The molecule has 5 N–H and O–H groups in total. The largest absolute Gasteiger partial charge is 0.465 e. The normalized spacial score (nSPS) is 10.9. The van der Waals surface area contributed by atoms with E-state index in [1.165, 1.54) is 6.07 Å². The Morgan fingerprint density at radius 1 is 1.18 bits per heavy atom. The van der Waals surface area contributed by atoms with Gasteiger partial charge in [-0.2, -0.15) is 0 Å². The smallest absolute Gasteiger partial charge is 0.404 e. The molecule has 0 spiro atoms. The Morgan fingerprint density at radius 3 is 2.75 bits per heavy atom. The van der Waals surface area contributed by atoms with E-state index in [-0.39, 0.29) is 12.1 Å². The monoisotopic (exact) mass is 377 g/mol. The van der Waals surface area contributed by atoms with Crippen LogP contribution in [0, 0.1) is 5.82 Å². The fourth-order valence-corrected chi connectivity index (χ4v) is 3.02. The van der Waals surface area contributed by atoms with Crippen LogP contribution in [0.15, 0.2) is 54.7 Å². The molecule has 0 saturated carbocycles. The maximum atomic E-state index is 14.4. The topological polar surface area (TPSA) is 117 Å². The molecule has 140 valence electrons. The summed E-state index contributed by atoms with van der Waals surface area (Å²) >= 11 is 0. The fraction of sp³-hybridized carbons (Fsp3) is 0.0500. The van der Waals surface area contributed by atoms with Crippen LogP contribution < -0.4 is 11.1 Å². The summed E-state index contributed by atoms with van der Waals surface area (Å²) in [7, 11) is 0. The van der Waals surface area contributed by atoms with Gasteiger partial charge in [-0.25, -0.2) is 19.2 Å². The summed E-state index contributed by atoms with van der Waals surface area (Å²) in [5.41, 5.74) is 10.2. The molecular weight excluding hydrogens is 361 g/mol. The first-order chi connectivity index (χ1) is 13.5. The molecule has 8 heteroatoms. The third kappa shape index (κ3) is 3.23. The van der Waals surface area contributed by atoms with Crippen molar-refractivity contribution in [3.63, 3.8) is 0 Å². The highest BCUT2D eigenvalue weighted by Gasteiger charge is 2.14. The summed E-state index contributed by atoms with van der Waals surface area (Å²) in [6.07, 6.45) is 0.401. The van der Waals surface area contributed by atoms with E-state index in [1.807, 2.05) is 18.2 Å². The number of nitrogen functional groups attached to an aromatic ring is 1. The molecule has 0 saturated heterocycles. The number of pyridine rings is 1. The van der Waals surface area contributed by atoms with Gasteiger partial charge in [0.1, 0.15) is 11.6 Å². The lowest BCUT2D eigenvalue weighted by Crippen LogP contribution is -2.20. The van der Waals surface area contributed by atoms with Gasteiger partial charge in [0.25, 0.3) is 0 Å². The molecule has 0 aliphatic heterocycles. The number of H-pyrrole nitrogens is 1. The van der Waals surface area contributed by atoms with Crippen molar-refractivity contribution >= 4 is 22.9 Å². The van der Waals surface area contributed by atoms with Gasteiger partial charge in [0.2, 0.25) is 0 Å². The Hall–Kier alpha value is -3.94. The van der Waals surface area contributed by atoms with Crippen LogP contribution in [0.4, 0.5) is 14.9 Å². The van der Waals surface area contributed by atoms with Gasteiger partial charge in [-0.05, 0) is 29.8 Å². The lowest BCUT2D eigenvalue weighted by molar-refractivity contribution is 0.194. The van der Waals surface area contributed by atoms with Gasteiger partial charge in [0, 0.05) is 35.1 Å². The minimum absolute atomic E-state index is 0.102. The number of carbonyl (C=O) groups is 1. The molecule has 0 aliphatic carbocycles. The molecule has 1 amide bonds. The van der Waals surface area contributed by atoms with Crippen LogP contribution in [0.1, 0.15) is 5.56 Å². The molecule has 4 rings (SSSR count). The number of halogens is 1. The van der Waals surface area contributed by atoms with Gasteiger partial charge < -0.3 is 21.1 Å². The average molecular weight is 377 g/mol. The first kappa shape index (κ1) is 17.5. The zero-order valence-electron chi connectivity index (χ0n) is 14.6. The van der Waals surface area contributed by atoms with Crippen LogP contribution in [0.3, 0.4) is 0 Å². The van der Waals surface area contributed by atoms with Crippen molar-refractivity contribution in [2.75, 3.05) is 5.73 Å². The van der Waals surface area contributed by atoms with Crippen molar-refractivity contribution in [1.29, 1.82) is 0 Å².